The Hall–Kier alpha value is -3.24. The van der Waals surface area contributed by atoms with Crippen LogP contribution in [-0.2, 0) is 24.5 Å². The summed E-state index contributed by atoms with van der Waals surface area (Å²) >= 11 is 0. The molecular weight excluding hydrogens is 379 g/mol. The van der Waals surface area contributed by atoms with E-state index in [1.54, 1.807) is 24.3 Å². The van der Waals surface area contributed by atoms with Crippen molar-refractivity contribution >= 4 is 23.5 Å². The van der Waals surface area contributed by atoms with E-state index in [1.807, 2.05) is 0 Å². The number of ether oxygens (including phenoxy) is 1. The molecule has 0 aliphatic carbocycles. The summed E-state index contributed by atoms with van der Waals surface area (Å²) in [4.78, 5) is 26.4. The number of nitrogens with one attached hydrogen (secondary N) is 1. The first-order valence-corrected chi connectivity index (χ1v) is 8.31. The van der Waals surface area contributed by atoms with Gasteiger partial charge in [0.2, 0.25) is 0 Å². The number of hydrogen-bond donors (Lipinski definition) is 1. The third-order valence-corrected chi connectivity index (χ3v) is 4.12. The number of anilines is 2. The van der Waals surface area contributed by atoms with E-state index in [4.69, 9.17) is 4.74 Å². The van der Waals surface area contributed by atoms with E-state index in [0.717, 1.165) is 9.58 Å². The number of carbonyl (C=O) groups excluding carboxylic acids is 2. The number of amides is 3. The number of urea groups is 1. The average Bonchev–Trinajstić information content (AvgIpc) is 3.21. The zero-order valence-electron chi connectivity index (χ0n) is 15.2. The van der Waals surface area contributed by atoms with Crippen molar-refractivity contribution in [1.29, 1.82) is 0 Å². The van der Waals surface area contributed by atoms with E-state index in [-0.39, 0.29) is 12.1 Å². The molecule has 1 fully saturated rings. The van der Waals surface area contributed by atoms with E-state index in [1.165, 1.54) is 25.2 Å². The van der Waals surface area contributed by atoms with E-state index < -0.39 is 24.0 Å². The van der Waals surface area contributed by atoms with E-state index in [0.29, 0.717) is 24.5 Å². The molecule has 11 heteroatoms. The standard InChI is InChI=1S/C17H18F3N5O3/c1-23(9-11-10-24(2)22-14(11)17(18,19)20)15(26)21-12-3-5-13(6-4-12)25-7-8-28-16(25)27/h3-6,10H,7-9H2,1-2H3,(H,21,26). The Morgan fingerprint density at radius 3 is 2.57 bits per heavy atom. The molecule has 150 valence electrons. The molecule has 3 amide bonds. The second-order valence-electron chi connectivity index (χ2n) is 6.27. The average molecular weight is 397 g/mol. The van der Waals surface area contributed by atoms with Crippen molar-refractivity contribution in [2.24, 2.45) is 7.05 Å². The third-order valence-electron chi connectivity index (χ3n) is 4.12. The summed E-state index contributed by atoms with van der Waals surface area (Å²) in [5.74, 6) is 0. The smallest absolute Gasteiger partial charge is 0.435 e. The Morgan fingerprint density at radius 2 is 2.00 bits per heavy atom. The molecule has 1 N–H and O–H groups in total. The number of aromatic nitrogens is 2. The van der Waals surface area contributed by atoms with Crippen LogP contribution in [0.2, 0.25) is 0 Å². The molecule has 1 aromatic heterocycles. The van der Waals surface area contributed by atoms with Crippen LogP contribution in [0.1, 0.15) is 11.3 Å². The van der Waals surface area contributed by atoms with Gasteiger partial charge in [0.05, 0.1) is 13.1 Å². The van der Waals surface area contributed by atoms with Crippen molar-refractivity contribution in [3.05, 3.63) is 41.7 Å². The van der Waals surface area contributed by atoms with Crippen LogP contribution in [0.4, 0.5) is 34.1 Å². The third kappa shape index (κ3) is 4.18. The Bertz CT molecular complexity index is 879. The van der Waals surface area contributed by atoms with Gasteiger partial charge in [0.25, 0.3) is 0 Å². The van der Waals surface area contributed by atoms with Crippen LogP contribution in [0.15, 0.2) is 30.5 Å². The van der Waals surface area contributed by atoms with Crippen LogP contribution >= 0.6 is 0 Å². The fourth-order valence-corrected chi connectivity index (χ4v) is 2.79. The number of rotatable bonds is 4. The predicted octanol–water partition coefficient (Wildman–Crippen LogP) is 3.06. The second-order valence-corrected chi connectivity index (χ2v) is 6.27. The Morgan fingerprint density at radius 1 is 1.32 bits per heavy atom. The van der Waals surface area contributed by atoms with Crippen LogP contribution < -0.4 is 10.2 Å². The number of carbonyl (C=O) groups is 2. The molecule has 0 bridgehead atoms. The molecule has 2 aromatic rings. The lowest BCUT2D eigenvalue weighted by Gasteiger charge is -2.19. The molecule has 3 rings (SSSR count). The predicted molar refractivity (Wildman–Crippen MR) is 93.8 cm³/mol. The van der Waals surface area contributed by atoms with Gasteiger partial charge >= 0.3 is 18.3 Å². The van der Waals surface area contributed by atoms with Gasteiger partial charge in [0.1, 0.15) is 6.61 Å². The minimum Gasteiger partial charge on any atom is -0.447 e. The Kier molecular flexibility index (Phi) is 5.16. The lowest BCUT2D eigenvalue weighted by Crippen LogP contribution is -2.31. The van der Waals surface area contributed by atoms with Gasteiger partial charge in [-0.2, -0.15) is 18.3 Å². The summed E-state index contributed by atoms with van der Waals surface area (Å²) in [5, 5.41) is 6.02. The summed E-state index contributed by atoms with van der Waals surface area (Å²) in [5.41, 5.74) is -0.0542. The van der Waals surface area contributed by atoms with Crippen molar-refractivity contribution in [3.8, 4) is 0 Å². The monoisotopic (exact) mass is 397 g/mol. The summed E-state index contributed by atoms with van der Waals surface area (Å²) in [6, 6.07) is 5.90. The van der Waals surface area contributed by atoms with Crippen molar-refractivity contribution in [3.63, 3.8) is 0 Å². The summed E-state index contributed by atoms with van der Waals surface area (Å²) in [6.07, 6.45) is -3.80. The number of hydrogen-bond acceptors (Lipinski definition) is 4. The lowest BCUT2D eigenvalue weighted by molar-refractivity contribution is -0.142. The molecule has 1 aliphatic heterocycles. The highest BCUT2D eigenvalue weighted by molar-refractivity contribution is 5.91. The normalized spacial score (nSPS) is 14.2. The number of halogens is 3. The van der Waals surface area contributed by atoms with Crippen LogP contribution in [0.25, 0.3) is 0 Å². The fourth-order valence-electron chi connectivity index (χ4n) is 2.79. The molecular formula is C17H18F3N5O3. The number of nitrogens with zero attached hydrogens (tertiary/aromatic N) is 4. The van der Waals surface area contributed by atoms with E-state index in [9.17, 15) is 22.8 Å². The first-order chi connectivity index (χ1) is 13.1. The molecule has 1 saturated heterocycles. The fraction of sp³-hybridized carbons (Fsp3) is 0.353. The summed E-state index contributed by atoms with van der Waals surface area (Å²) in [7, 11) is 2.77. The maximum absolute atomic E-state index is 13.0. The first-order valence-electron chi connectivity index (χ1n) is 8.31. The van der Waals surface area contributed by atoms with Crippen LogP contribution in [0.5, 0.6) is 0 Å². The minimum absolute atomic E-state index is 0.101. The number of aryl methyl sites for hydroxylation is 1. The highest BCUT2D eigenvalue weighted by atomic mass is 19.4. The second kappa shape index (κ2) is 7.41. The van der Waals surface area contributed by atoms with Gasteiger partial charge < -0.3 is 15.0 Å². The highest BCUT2D eigenvalue weighted by Gasteiger charge is 2.37. The molecule has 2 heterocycles. The van der Waals surface area contributed by atoms with Gasteiger partial charge in [-0.15, -0.1) is 0 Å². The Balaban J connectivity index is 1.64. The van der Waals surface area contributed by atoms with Crippen molar-refractivity contribution in [1.82, 2.24) is 14.7 Å². The van der Waals surface area contributed by atoms with Crippen LogP contribution in [-0.4, -0.2) is 47.0 Å². The quantitative estimate of drug-likeness (QED) is 0.860. The minimum atomic E-state index is -4.60. The molecule has 0 atom stereocenters. The molecule has 0 radical (unpaired) electrons. The maximum atomic E-state index is 13.0. The van der Waals surface area contributed by atoms with Gasteiger partial charge in [-0.3, -0.25) is 9.58 Å². The zero-order chi connectivity index (χ0) is 20.5. The first kappa shape index (κ1) is 19.5. The van der Waals surface area contributed by atoms with Gasteiger partial charge in [0, 0.05) is 37.2 Å². The highest BCUT2D eigenvalue weighted by Crippen LogP contribution is 2.31. The molecule has 1 aliphatic rings. The maximum Gasteiger partial charge on any atom is 0.435 e. The molecule has 0 saturated carbocycles. The summed E-state index contributed by atoms with van der Waals surface area (Å²) in [6.45, 7) is 0.502. The molecule has 1 aromatic carbocycles. The lowest BCUT2D eigenvalue weighted by atomic mass is 10.2. The number of benzene rings is 1. The van der Waals surface area contributed by atoms with Crippen LogP contribution in [0.3, 0.4) is 0 Å². The van der Waals surface area contributed by atoms with Gasteiger partial charge in [0.15, 0.2) is 5.69 Å². The van der Waals surface area contributed by atoms with Crippen LogP contribution in [0, 0.1) is 0 Å². The zero-order valence-corrected chi connectivity index (χ0v) is 15.2. The molecule has 0 unspecified atom stereocenters. The van der Waals surface area contributed by atoms with Crippen molar-refractivity contribution in [2.75, 3.05) is 30.4 Å². The number of cyclic esters (lactones) is 1. The SMILES string of the molecule is CN(Cc1cn(C)nc1C(F)(F)F)C(=O)Nc1ccc(N2CCOC2=O)cc1. The largest absolute Gasteiger partial charge is 0.447 e. The molecule has 28 heavy (non-hydrogen) atoms. The molecule has 8 nitrogen and oxygen atoms in total. The van der Waals surface area contributed by atoms with Gasteiger partial charge in [-0.1, -0.05) is 0 Å². The van der Waals surface area contributed by atoms with Gasteiger partial charge in [-0.05, 0) is 24.3 Å². The molecule has 0 spiro atoms. The van der Waals surface area contributed by atoms with E-state index in [2.05, 4.69) is 10.4 Å². The van der Waals surface area contributed by atoms with E-state index >= 15 is 0 Å². The van der Waals surface area contributed by atoms with Gasteiger partial charge in [-0.25, -0.2) is 9.59 Å². The number of alkyl halides is 3. The van der Waals surface area contributed by atoms with Crippen molar-refractivity contribution < 1.29 is 27.5 Å². The topological polar surface area (TPSA) is 79.7 Å². The summed E-state index contributed by atoms with van der Waals surface area (Å²) < 4.78 is 45.0. The van der Waals surface area contributed by atoms with Crippen molar-refractivity contribution in [2.45, 2.75) is 12.7 Å². The Labute approximate surface area is 158 Å².